The van der Waals surface area contributed by atoms with Gasteiger partial charge in [-0.05, 0) is 18.9 Å². The van der Waals surface area contributed by atoms with Crippen LogP contribution in [-0.2, 0) is 10.0 Å². The van der Waals surface area contributed by atoms with Gasteiger partial charge in [0, 0.05) is 37.7 Å². The number of amides is 1. The number of carbonyl (C=O) groups is 1. The van der Waals surface area contributed by atoms with Gasteiger partial charge in [0.05, 0.1) is 25.4 Å². The normalized spacial score (nSPS) is 20.4. The molecule has 2 rings (SSSR count). The van der Waals surface area contributed by atoms with E-state index in [9.17, 15) is 18.3 Å². The summed E-state index contributed by atoms with van der Waals surface area (Å²) in [7, 11) is -1.91. The van der Waals surface area contributed by atoms with Crippen LogP contribution in [0.4, 0.5) is 0 Å². The van der Waals surface area contributed by atoms with Crippen LogP contribution >= 0.6 is 0 Å². The van der Waals surface area contributed by atoms with E-state index in [0.29, 0.717) is 18.0 Å². The van der Waals surface area contributed by atoms with E-state index in [1.165, 1.54) is 11.4 Å². The minimum Gasteiger partial charge on any atom is -0.472 e. The first kappa shape index (κ1) is 25.1. The lowest BCUT2D eigenvalue weighted by Crippen LogP contribution is -2.50. The van der Waals surface area contributed by atoms with E-state index in [2.05, 4.69) is 30.7 Å². The van der Waals surface area contributed by atoms with Crippen molar-refractivity contribution >= 4 is 15.9 Å². The lowest BCUT2D eigenvalue weighted by molar-refractivity contribution is 0.0373. The molecule has 2 heterocycles. The van der Waals surface area contributed by atoms with E-state index < -0.39 is 22.2 Å². The van der Waals surface area contributed by atoms with Gasteiger partial charge in [0.1, 0.15) is 11.7 Å². The molecule has 31 heavy (non-hydrogen) atoms. The first-order chi connectivity index (χ1) is 14.4. The molecule has 1 aromatic heterocycles. The molecule has 1 aliphatic rings. The zero-order chi connectivity index (χ0) is 23.3. The van der Waals surface area contributed by atoms with Gasteiger partial charge in [-0.1, -0.05) is 32.6 Å². The first-order valence-corrected chi connectivity index (χ1v) is 12.3. The number of likely N-dealkylation sites (N-methyl/N-ethyl adjacent to an activating group) is 1. The lowest BCUT2D eigenvalue weighted by atomic mass is 10.00. The van der Waals surface area contributed by atoms with Crippen LogP contribution < -0.4 is 4.74 Å². The summed E-state index contributed by atoms with van der Waals surface area (Å²) in [5.41, 5.74) is 0.863. The Balaban J connectivity index is 2.48. The molecule has 0 bridgehead atoms. The molecule has 0 unspecified atom stereocenters. The van der Waals surface area contributed by atoms with Crippen LogP contribution in [0, 0.1) is 23.7 Å². The average Bonchev–Trinajstić information content (AvgIpc) is 2.69. The third-order valence-corrected chi connectivity index (χ3v) is 6.55. The van der Waals surface area contributed by atoms with Crippen molar-refractivity contribution in [1.29, 1.82) is 0 Å². The molecule has 0 aromatic carbocycles. The second-order valence-corrected chi connectivity index (χ2v) is 10.7. The number of nitrogens with zero attached hydrogens (tertiary/aromatic N) is 3. The zero-order valence-corrected chi connectivity index (χ0v) is 19.9. The van der Waals surface area contributed by atoms with Gasteiger partial charge in [0.15, 0.2) is 0 Å². The zero-order valence-electron chi connectivity index (χ0n) is 19.1. The molecule has 172 valence electrons. The summed E-state index contributed by atoms with van der Waals surface area (Å²) in [6.45, 7) is 8.05. The molecule has 0 saturated heterocycles. The monoisotopic (exact) mass is 451 g/mol. The second-order valence-electron chi connectivity index (χ2n) is 8.64. The number of hydrogen-bond donors (Lipinski definition) is 1. The number of carbonyl (C=O) groups excluding carboxylic acids is 1. The van der Waals surface area contributed by atoms with Crippen molar-refractivity contribution in [2.75, 3.05) is 33.0 Å². The van der Waals surface area contributed by atoms with Crippen molar-refractivity contribution in [2.24, 2.45) is 11.8 Å². The number of ether oxygens (including phenoxy) is 1. The number of fused-ring (bicyclic) bond motifs is 1. The van der Waals surface area contributed by atoms with Gasteiger partial charge in [0.25, 0.3) is 5.91 Å². The van der Waals surface area contributed by atoms with E-state index in [1.807, 2.05) is 6.92 Å². The Hall–Kier alpha value is -2.15. The number of pyridine rings is 1. The maximum Gasteiger partial charge on any atom is 0.259 e. The average molecular weight is 452 g/mol. The highest BCUT2D eigenvalue weighted by Gasteiger charge is 2.35. The topological polar surface area (TPSA) is 100 Å². The summed E-state index contributed by atoms with van der Waals surface area (Å²) < 4.78 is 31.1. The van der Waals surface area contributed by atoms with E-state index in [4.69, 9.17) is 4.74 Å². The molecule has 0 radical (unpaired) electrons. The molecular weight excluding hydrogens is 418 g/mol. The summed E-state index contributed by atoms with van der Waals surface area (Å²) in [5, 5.41) is 9.69. The van der Waals surface area contributed by atoms with Gasteiger partial charge >= 0.3 is 0 Å². The molecule has 1 aliphatic heterocycles. The van der Waals surface area contributed by atoms with Gasteiger partial charge in [-0.15, -0.1) is 0 Å². The van der Waals surface area contributed by atoms with Gasteiger partial charge in [-0.25, -0.2) is 17.7 Å². The highest BCUT2D eigenvalue weighted by Crippen LogP contribution is 2.27. The van der Waals surface area contributed by atoms with Crippen molar-refractivity contribution in [3.05, 3.63) is 23.4 Å². The molecule has 9 heteroatoms. The van der Waals surface area contributed by atoms with Gasteiger partial charge in [0.2, 0.25) is 15.9 Å². The first-order valence-electron chi connectivity index (χ1n) is 10.4. The Morgan fingerprint density at radius 3 is 2.65 bits per heavy atom. The summed E-state index contributed by atoms with van der Waals surface area (Å²) >= 11 is 0. The fourth-order valence-corrected chi connectivity index (χ4v) is 3.55. The number of aliphatic hydroxyl groups excluding tert-OH is 1. The molecule has 8 nitrogen and oxygen atoms in total. The van der Waals surface area contributed by atoms with Gasteiger partial charge in [-0.3, -0.25) is 4.79 Å². The van der Waals surface area contributed by atoms with E-state index >= 15 is 0 Å². The maximum atomic E-state index is 13.3. The van der Waals surface area contributed by atoms with Gasteiger partial charge in [-0.2, -0.15) is 0 Å². The van der Waals surface area contributed by atoms with Crippen molar-refractivity contribution in [3.63, 3.8) is 0 Å². The number of aliphatic hydroxyl groups is 1. The predicted octanol–water partition coefficient (Wildman–Crippen LogP) is 1.59. The SMILES string of the molecule is CC(C)CC#Cc1cnc2c(c1)C(=O)N([C@@H](C)CO)C[C@@H](C)[C@H](CN(C)S(C)(=O)=O)O2. The predicted molar refractivity (Wildman–Crippen MR) is 119 cm³/mol. The fraction of sp³-hybridized carbons (Fsp3) is 0.636. The van der Waals surface area contributed by atoms with Crippen LogP contribution in [0.1, 0.15) is 50.0 Å². The minimum atomic E-state index is -3.40. The smallest absolute Gasteiger partial charge is 0.259 e. The van der Waals surface area contributed by atoms with Crippen molar-refractivity contribution < 1.29 is 23.1 Å². The summed E-state index contributed by atoms with van der Waals surface area (Å²) in [5.74, 6) is 6.22. The molecule has 0 fully saturated rings. The minimum absolute atomic E-state index is 0.118. The molecule has 3 atom stereocenters. The van der Waals surface area contributed by atoms with Crippen LogP contribution in [-0.4, -0.2) is 78.8 Å². The Kier molecular flexibility index (Phi) is 8.46. The maximum absolute atomic E-state index is 13.3. The Morgan fingerprint density at radius 2 is 2.06 bits per heavy atom. The van der Waals surface area contributed by atoms with Crippen LogP contribution in [0.2, 0.25) is 0 Å². The quantitative estimate of drug-likeness (QED) is 0.660. The third-order valence-electron chi connectivity index (χ3n) is 5.27. The number of rotatable bonds is 6. The Morgan fingerprint density at radius 1 is 1.39 bits per heavy atom. The van der Waals surface area contributed by atoms with Crippen LogP contribution in [0.5, 0.6) is 5.88 Å². The van der Waals surface area contributed by atoms with Crippen LogP contribution in [0.25, 0.3) is 0 Å². The van der Waals surface area contributed by atoms with E-state index in [-0.39, 0.29) is 36.4 Å². The van der Waals surface area contributed by atoms with Crippen molar-refractivity contribution in [2.45, 2.75) is 46.3 Å². The molecule has 1 aromatic rings. The standard InChI is InChI=1S/C22H33N3O5S/c1-15(2)8-7-9-18-10-19-21(23-11-18)30-20(13-24(5)31(6,28)29)16(3)12-25(22(19)27)17(4)14-26/h10-11,15-17,20,26H,8,12-14H2,1-6H3/t16-,17+,20+/m1/s1. The van der Waals surface area contributed by atoms with Crippen LogP contribution in [0.15, 0.2) is 12.3 Å². The molecule has 0 saturated carbocycles. The number of hydrogen-bond acceptors (Lipinski definition) is 6. The summed E-state index contributed by atoms with van der Waals surface area (Å²) in [6.07, 6.45) is 2.90. The highest BCUT2D eigenvalue weighted by molar-refractivity contribution is 7.88. The van der Waals surface area contributed by atoms with E-state index in [0.717, 1.165) is 12.7 Å². The fourth-order valence-electron chi connectivity index (χ4n) is 3.13. The summed E-state index contributed by atoms with van der Waals surface area (Å²) in [6, 6.07) is 1.24. The highest BCUT2D eigenvalue weighted by atomic mass is 32.2. The molecular formula is C22H33N3O5S. The lowest BCUT2D eigenvalue weighted by Gasteiger charge is -2.37. The number of aromatic nitrogens is 1. The van der Waals surface area contributed by atoms with Gasteiger partial charge < -0.3 is 14.7 Å². The largest absolute Gasteiger partial charge is 0.472 e. The second kappa shape index (κ2) is 10.4. The third kappa shape index (κ3) is 6.66. The Labute approximate surface area is 185 Å². The summed E-state index contributed by atoms with van der Waals surface area (Å²) in [4.78, 5) is 19.2. The van der Waals surface area contributed by atoms with E-state index in [1.54, 1.807) is 24.1 Å². The Bertz CT molecular complexity index is 952. The van der Waals surface area contributed by atoms with Crippen LogP contribution in [0.3, 0.4) is 0 Å². The molecule has 0 aliphatic carbocycles. The molecule has 1 N–H and O–H groups in total. The number of sulfonamides is 1. The van der Waals surface area contributed by atoms with Crippen molar-refractivity contribution in [1.82, 2.24) is 14.2 Å². The van der Waals surface area contributed by atoms with Crippen molar-refractivity contribution in [3.8, 4) is 17.7 Å². The molecule has 1 amide bonds. The molecule has 0 spiro atoms.